The molecule has 1 aromatic carbocycles. The molecule has 26 heavy (non-hydrogen) atoms. The molecule has 0 radical (unpaired) electrons. The maximum absolute atomic E-state index is 12.7. The lowest BCUT2D eigenvalue weighted by Crippen LogP contribution is -2.29. The molecule has 0 saturated carbocycles. The second-order valence-electron chi connectivity index (χ2n) is 6.23. The molecule has 132 valence electrons. The highest BCUT2D eigenvalue weighted by molar-refractivity contribution is 5.94. The van der Waals surface area contributed by atoms with Crippen LogP contribution in [0, 0.1) is 6.92 Å². The summed E-state index contributed by atoms with van der Waals surface area (Å²) in [6.45, 7) is 2.68. The zero-order valence-corrected chi connectivity index (χ0v) is 15.0. The summed E-state index contributed by atoms with van der Waals surface area (Å²) in [7, 11) is 1.81. The van der Waals surface area contributed by atoms with Crippen LogP contribution in [0.25, 0.3) is 0 Å². The highest BCUT2D eigenvalue weighted by atomic mass is 16.2. The molecular weight excluding hydrogens is 324 g/mol. The minimum Gasteiger partial charge on any atom is -0.354 e. The summed E-state index contributed by atoms with van der Waals surface area (Å²) < 4.78 is 0. The summed E-state index contributed by atoms with van der Waals surface area (Å²) in [6.07, 6.45) is 7.65. The summed E-state index contributed by atoms with van der Waals surface area (Å²) in [6, 6.07) is 13.8. The van der Waals surface area contributed by atoms with Crippen LogP contribution < -0.4 is 5.32 Å². The van der Waals surface area contributed by atoms with Crippen molar-refractivity contribution in [1.82, 2.24) is 14.9 Å². The Hall–Kier alpha value is -3.21. The molecule has 0 saturated heterocycles. The molecule has 3 aromatic rings. The number of anilines is 2. The summed E-state index contributed by atoms with van der Waals surface area (Å²) in [5.74, 6) is -0.0417. The highest BCUT2D eigenvalue weighted by Crippen LogP contribution is 2.20. The molecule has 0 atom stereocenters. The molecule has 0 spiro atoms. The average molecular weight is 346 g/mol. The van der Waals surface area contributed by atoms with Crippen molar-refractivity contribution in [2.75, 3.05) is 18.9 Å². The number of hydrogen-bond acceptors (Lipinski definition) is 4. The topological polar surface area (TPSA) is 58.1 Å². The van der Waals surface area contributed by atoms with E-state index in [4.69, 9.17) is 0 Å². The lowest BCUT2D eigenvalue weighted by atomic mass is 10.1. The fourth-order valence-corrected chi connectivity index (χ4v) is 2.66. The molecule has 1 N–H and O–H groups in total. The van der Waals surface area contributed by atoms with E-state index in [2.05, 4.69) is 15.3 Å². The van der Waals surface area contributed by atoms with E-state index in [1.807, 2.05) is 56.4 Å². The van der Waals surface area contributed by atoms with Crippen LogP contribution in [0.15, 0.2) is 67.3 Å². The Labute approximate surface area is 153 Å². The zero-order valence-electron chi connectivity index (χ0n) is 15.0. The molecule has 3 rings (SSSR count). The normalized spacial score (nSPS) is 10.4. The van der Waals surface area contributed by atoms with E-state index in [0.717, 1.165) is 28.9 Å². The number of nitrogens with zero attached hydrogens (tertiary/aromatic N) is 3. The fourth-order valence-electron chi connectivity index (χ4n) is 2.66. The minimum atomic E-state index is -0.0417. The minimum absolute atomic E-state index is 0.0417. The number of hydrogen-bond donors (Lipinski definition) is 1. The van der Waals surface area contributed by atoms with E-state index in [1.54, 1.807) is 29.7 Å². The third kappa shape index (κ3) is 4.45. The van der Waals surface area contributed by atoms with Gasteiger partial charge in [0.2, 0.25) is 0 Å². The summed E-state index contributed by atoms with van der Waals surface area (Å²) in [4.78, 5) is 22.6. The molecule has 0 aliphatic heterocycles. The Balaban J connectivity index is 1.66. The van der Waals surface area contributed by atoms with Crippen molar-refractivity contribution >= 4 is 17.3 Å². The summed E-state index contributed by atoms with van der Waals surface area (Å²) >= 11 is 0. The van der Waals surface area contributed by atoms with Gasteiger partial charge in [0.05, 0.1) is 17.4 Å². The third-order valence-electron chi connectivity index (χ3n) is 4.24. The highest BCUT2D eigenvalue weighted by Gasteiger charge is 2.13. The zero-order chi connectivity index (χ0) is 18.4. The van der Waals surface area contributed by atoms with Crippen LogP contribution in [0.3, 0.4) is 0 Å². The molecule has 0 aliphatic rings. The monoisotopic (exact) mass is 346 g/mol. The van der Waals surface area contributed by atoms with Crippen molar-refractivity contribution in [3.63, 3.8) is 0 Å². The number of aryl methyl sites for hydroxylation is 1. The Morgan fingerprint density at radius 1 is 1.08 bits per heavy atom. The maximum Gasteiger partial charge on any atom is 0.255 e. The standard InChI is InChI=1S/C21H22N4O/c1-16-5-3-4-6-20(16)24-19-13-18(14-23-15-19)21(26)25(2)12-9-17-7-10-22-11-8-17/h3-8,10-11,13-15,24H,9,12H2,1-2H3. The van der Waals surface area contributed by atoms with Gasteiger partial charge in [-0.05, 0) is 48.7 Å². The summed E-state index contributed by atoms with van der Waals surface area (Å²) in [5, 5.41) is 3.32. The first-order valence-electron chi connectivity index (χ1n) is 8.55. The van der Waals surface area contributed by atoms with Crippen molar-refractivity contribution in [3.8, 4) is 0 Å². The fraction of sp³-hybridized carbons (Fsp3) is 0.190. The van der Waals surface area contributed by atoms with E-state index in [-0.39, 0.29) is 5.91 Å². The second kappa shape index (κ2) is 8.25. The van der Waals surface area contributed by atoms with Crippen LogP contribution in [-0.4, -0.2) is 34.4 Å². The van der Waals surface area contributed by atoms with Gasteiger partial charge in [-0.1, -0.05) is 18.2 Å². The number of carbonyl (C=O) groups excluding carboxylic acids is 1. The number of amides is 1. The molecule has 2 aromatic heterocycles. The Morgan fingerprint density at radius 3 is 2.62 bits per heavy atom. The second-order valence-corrected chi connectivity index (χ2v) is 6.23. The number of nitrogens with one attached hydrogen (secondary N) is 1. The molecule has 5 heteroatoms. The predicted molar refractivity (Wildman–Crippen MR) is 104 cm³/mol. The van der Waals surface area contributed by atoms with Crippen LogP contribution in [0.1, 0.15) is 21.5 Å². The van der Waals surface area contributed by atoms with Crippen molar-refractivity contribution < 1.29 is 4.79 Å². The van der Waals surface area contributed by atoms with Gasteiger partial charge in [-0.15, -0.1) is 0 Å². The SMILES string of the molecule is Cc1ccccc1Nc1cncc(C(=O)N(C)CCc2ccncc2)c1. The van der Waals surface area contributed by atoms with Gasteiger partial charge in [0.1, 0.15) is 0 Å². The number of benzene rings is 1. The quantitative estimate of drug-likeness (QED) is 0.737. The van der Waals surface area contributed by atoms with Crippen LogP contribution in [0.2, 0.25) is 0 Å². The smallest absolute Gasteiger partial charge is 0.255 e. The van der Waals surface area contributed by atoms with Crippen LogP contribution in [-0.2, 0) is 6.42 Å². The Bertz CT molecular complexity index is 880. The third-order valence-corrected chi connectivity index (χ3v) is 4.24. The average Bonchev–Trinajstić information content (AvgIpc) is 2.68. The van der Waals surface area contributed by atoms with Gasteiger partial charge in [0.25, 0.3) is 5.91 Å². The van der Waals surface area contributed by atoms with Crippen molar-refractivity contribution in [2.45, 2.75) is 13.3 Å². The first-order valence-corrected chi connectivity index (χ1v) is 8.55. The molecule has 1 amide bonds. The molecule has 0 fully saturated rings. The van der Waals surface area contributed by atoms with E-state index in [1.165, 1.54) is 0 Å². The Kier molecular flexibility index (Phi) is 5.59. The maximum atomic E-state index is 12.7. The molecule has 0 unspecified atom stereocenters. The number of pyridine rings is 2. The number of para-hydroxylation sites is 1. The Morgan fingerprint density at radius 2 is 1.85 bits per heavy atom. The number of likely N-dealkylation sites (N-methyl/N-ethyl adjacent to an activating group) is 1. The van der Waals surface area contributed by atoms with Crippen molar-refractivity contribution in [1.29, 1.82) is 0 Å². The lowest BCUT2D eigenvalue weighted by Gasteiger charge is -2.17. The number of carbonyl (C=O) groups is 1. The molecule has 0 bridgehead atoms. The van der Waals surface area contributed by atoms with Crippen LogP contribution in [0.5, 0.6) is 0 Å². The lowest BCUT2D eigenvalue weighted by molar-refractivity contribution is 0.0796. The first kappa shape index (κ1) is 17.6. The van der Waals surface area contributed by atoms with E-state index < -0.39 is 0 Å². The van der Waals surface area contributed by atoms with Crippen molar-refractivity contribution in [2.24, 2.45) is 0 Å². The predicted octanol–water partition coefficient (Wildman–Crippen LogP) is 3.84. The van der Waals surface area contributed by atoms with Gasteiger partial charge in [-0.25, -0.2) is 0 Å². The number of rotatable bonds is 6. The van der Waals surface area contributed by atoms with Gasteiger partial charge < -0.3 is 10.2 Å². The molecule has 5 nitrogen and oxygen atoms in total. The van der Waals surface area contributed by atoms with Gasteiger partial charge in [0, 0.05) is 37.9 Å². The van der Waals surface area contributed by atoms with Gasteiger partial charge >= 0.3 is 0 Å². The summed E-state index contributed by atoms with van der Waals surface area (Å²) in [5.41, 5.74) is 4.67. The first-order chi connectivity index (χ1) is 12.6. The van der Waals surface area contributed by atoms with Crippen LogP contribution >= 0.6 is 0 Å². The van der Waals surface area contributed by atoms with E-state index in [9.17, 15) is 4.79 Å². The van der Waals surface area contributed by atoms with Crippen molar-refractivity contribution in [3.05, 3.63) is 83.9 Å². The number of aromatic nitrogens is 2. The van der Waals surface area contributed by atoms with Gasteiger partial charge in [-0.2, -0.15) is 0 Å². The molecule has 0 aliphatic carbocycles. The molecular formula is C21H22N4O. The largest absolute Gasteiger partial charge is 0.354 e. The van der Waals surface area contributed by atoms with Gasteiger partial charge in [-0.3, -0.25) is 14.8 Å². The van der Waals surface area contributed by atoms with E-state index in [0.29, 0.717) is 12.1 Å². The van der Waals surface area contributed by atoms with Crippen LogP contribution in [0.4, 0.5) is 11.4 Å². The van der Waals surface area contributed by atoms with Gasteiger partial charge in [0.15, 0.2) is 0 Å². The molecule has 2 heterocycles. The van der Waals surface area contributed by atoms with E-state index >= 15 is 0 Å².